The Bertz CT molecular complexity index is 1170. The molecular weight excluding hydrogens is 447 g/mol. The molecule has 9 heteroatoms. The molecule has 29 heavy (non-hydrogen) atoms. The number of para-hydroxylation sites is 1. The van der Waals surface area contributed by atoms with E-state index in [1.54, 1.807) is 28.4 Å². The highest BCUT2D eigenvalue weighted by atomic mass is 35.5. The number of pyridine rings is 1. The predicted molar refractivity (Wildman–Crippen MR) is 119 cm³/mol. The molecule has 4 rings (SSSR count). The van der Waals surface area contributed by atoms with Crippen LogP contribution in [-0.2, 0) is 4.79 Å². The molecule has 1 amide bonds. The summed E-state index contributed by atoms with van der Waals surface area (Å²) >= 11 is 15.1. The molecule has 0 unspecified atom stereocenters. The maximum absolute atomic E-state index is 12.5. The molecule has 146 valence electrons. The molecule has 5 nitrogen and oxygen atoms in total. The Balaban J connectivity index is 1.45. The number of anilines is 1. The lowest BCUT2D eigenvalue weighted by molar-refractivity contribution is -0.113. The minimum Gasteiger partial charge on any atom is -0.324 e. The normalized spacial score (nSPS) is 11.0. The fourth-order valence-corrected chi connectivity index (χ4v) is 4.73. The van der Waals surface area contributed by atoms with Crippen LogP contribution in [0.3, 0.4) is 0 Å². The Hall–Kier alpha value is -2.19. The molecule has 0 fully saturated rings. The number of hydrogen-bond acceptors (Lipinski definition) is 5. The topological polar surface area (TPSA) is 59.3 Å². The smallest absolute Gasteiger partial charge is 0.234 e. The number of amides is 1. The van der Waals surface area contributed by atoms with Gasteiger partial charge in [-0.05, 0) is 30.3 Å². The van der Waals surface area contributed by atoms with Crippen molar-refractivity contribution < 1.29 is 4.79 Å². The van der Waals surface area contributed by atoms with Crippen LogP contribution in [0.25, 0.3) is 5.65 Å². The lowest BCUT2D eigenvalue weighted by atomic mass is 10.3. The molecule has 0 aliphatic rings. The number of carbonyl (C=O) groups is 1. The van der Waals surface area contributed by atoms with Crippen molar-refractivity contribution in [3.05, 3.63) is 76.9 Å². The monoisotopic (exact) mass is 460 g/mol. The van der Waals surface area contributed by atoms with Gasteiger partial charge in [-0.3, -0.25) is 9.20 Å². The Labute approximate surface area is 185 Å². The molecule has 0 aliphatic carbocycles. The van der Waals surface area contributed by atoms with Gasteiger partial charge in [0, 0.05) is 16.0 Å². The SMILES string of the molecule is O=C(CSc1nnc2c(Cl)cc(Cl)cn12)Nc1ccccc1Sc1ccccc1. The Morgan fingerprint density at radius 1 is 1.03 bits per heavy atom. The third-order valence-corrected chi connectivity index (χ3v) is 6.37. The largest absolute Gasteiger partial charge is 0.324 e. The molecule has 0 saturated carbocycles. The second-order valence-electron chi connectivity index (χ2n) is 5.93. The first-order valence-corrected chi connectivity index (χ1v) is 11.1. The summed E-state index contributed by atoms with van der Waals surface area (Å²) in [5.74, 6) is 0.0379. The average Bonchev–Trinajstić information content (AvgIpc) is 3.12. The zero-order chi connectivity index (χ0) is 20.2. The van der Waals surface area contributed by atoms with E-state index in [0.717, 1.165) is 15.5 Å². The minimum atomic E-state index is -0.138. The van der Waals surface area contributed by atoms with Crippen LogP contribution >= 0.6 is 46.7 Å². The molecule has 0 aliphatic heterocycles. The maximum atomic E-state index is 12.5. The molecule has 1 N–H and O–H groups in total. The van der Waals surface area contributed by atoms with Crippen LogP contribution in [0.5, 0.6) is 0 Å². The molecule has 0 atom stereocenters. The summed E-state index contributed by atoms with van der Waals surface area (Å²) in [4.78, 5) is 14.6. The van der Waals surface area contributed by atoms with Gasteiger partial charge in [-0.15, -0.1) is 10.2 Å². The number of benzene rings is 2. The average molecular weight is 461 g/mol. The summed E-state index contributed by atoms with van der Waals surface area (Å²) in [5, 5.41) is 12.6. The third kappa shape index (κ3) is 4.87. The Morgan fingerprint density at radius 2 is 1.79 bits per heavy atom. The van der Waals surface area contributed by atoms with Gasteiger partial charge < -0.3 is 5.32 Å². The molecule has 0 saturated heterocycles. The fourth-order valence-electron chi connectivity index (χ4n) is 2.59. The third-order valence-electron chi connectivity index (χ3n) is 3.86. The maximum Gasteiger partial charge on any atom is 0.234 e. The summed E-state index contributed by atoms with van der Waals surface area (Å²) in [6.07, 6.45) is 1.68. The molecule has 4 aromatic rings. The van der Waals surface area contributed by atoms with Crippen molar-refractivity contribution in [1.82, 2.24) is 14.6 Å². The highest BCUT2D eigenvalue weighted by Crippen LogP contribution is 2.33. The van der Waals surface area contributed by atoms with E-state index < -0.39 is 0 Å². The van der Waals surface area contributed by atoms with E-state index in [1.165, 1.54) is 11.8 Å². The van der Waals surface area contributed by atoms with Gasteiger partial charge in [0.15, 0.2) is 10.8 Å². The van der Waals surface area contributed by atoms with Crippen LogP contribution in [-0.4, -0.2) is 26.3 Å². The quantitative estimate of drug-likeness (QED) is 0.362. The minimum absolute atomic E-state index is 0.138. The number of nitrogens with zero attached hydrogens (tertiary/aromatic N) is 3. The zero-order valence-corrected chi connectivity index (χ0v) is 18.0. The summed E-state index contributed by atoms with van der Waals surface area (Å²) < 4.78 is 1.68. The summed E-state index contributed by atoms with van der Waals surface area (Å²) in [5.41, 5.74) is 1.27. The first kappa shape index (κ1) is 20.1. The van der Waals surface area contributed by atoms with E-state index in [1.807, 2.05) is 54.6 Å². The summed E-state index contributed by atoms with van der Waals surface area (Å²) in [7, 11) is 0. The van der Waals surface area contributed by atoms with E-state index in [2.05, 4.69) is 15.5 Å². The van der Waals surface area contributed by atoms with Gasteiger partial charge >= 0.3 is 0 Å². The van der Waals surface area contributed by atoms with Gasteiger partial charge in [0.25, 0.3) is 0 Å². The van der Waals surface area contributed by atoms with Crippen molar-refractivity contribution in [3.8, 4) is 0 Å². The highest BCUT2D eigenvalue weighted by Gasteiger charge is 2.13. The molecule has 2 aromatic carbocycles. The second kappa shape index (κ2) is 9.09. The molecule has 2 aromatic heterocycles. The van der Waals surface area contributed by atoms with E-state index in [4.69, 9.17) is 23.2 Å². The predicted octanol–water partition coefficient (Wildman–Crippen LogP) is 5.92. The molecule has 2 heterocycles. The number of aromatic nitrogens is 3. The molecule has 0 spiro atoms. The van der Waals surface area contributed by atoms with Crippen LogP contribution in [0.4, 0.5) is 5.69 Å². The number of thioether (sulfide) groups is 1. The van der Waals surface area contributed by atoms with Gasteiger partial charge in [0.1, 0.15) is 0 Å². The number of hydrogen-bond donors (Lipinski definition) is 1. The van der Waals surface area contributed by atoms with Gasteiger partial charge in [0.2, 0.25) is 5.91 Å². The standard InChI is InChI=1S/C20H14Cl2N4OS2/c21-13-10-15(22)19-24-25-20(26(19)11-13)28-12-18(27)23-16-8-4-5-9-17(16)29-14-6-2-1-3-7-14/h1-11H,12H2,(H,23,27). The first-order chi connectivity index (χ1) is 14.1. The van der Waals surface area contributed by atoms with Gasteiger partial charge in [0.05, 0.1) is 21.5 Å². The Morgan fingerprint density at radius 3 is 2.62 bits per heavy atom. The summed E-state index contributed by atoms with van der Waals surface area (Å²) in [6, 6.07) is 19.3. The zero-order valence-electron chi connectivity index (χ0n) is 14.9. The van der Waals surface area contributed by atoms with Crippen molar-refractivity contribution in [2.75, 3.05) is 11.1 Å². The second-order valence-corrected chi connectivity index (χ2v) is 8.83. The van der Waals surface area contributed by atoms with E-state index >= 15 is 0 Å². The van der Waals surface area contributed by atoms with Crippen LogP contribution < -0.4 is 5.32 Å². The van der Waals surface area contributed by atoms with Crippen molar-refractivity contribution in [2.45, 2.75) is 14.9 Å². The highest BCUT2D eigenvalue weighted by molar-refractivity contribution is 8.00. The molecular formula is C20H14Cl2N4OS2. The lowest BCUT2D eigenvalue weighted by Crippen LogP contribution is -2.14. The van der Waals surface area contributed by atoms with E-state index in [9.17, 15) is 4.79 Å². The number of carbonyl (C=O) groups excluding carboxylic acids is 1. The van der Waals surface area contributed by atoms with Crippen molar-refractivity contribution in [2.24, 2.45) is 0 Å². The fraction of sp³-hybridized carbons (Fsp3) is 0.0500. The van der Waals surface area contributed by atoms with Gasteiger partial charge in [-0.1, -0.05) is 77.1 Å². The number of rotatable bonds is 6. The van der Waals surface area contributed by atoms with E-state index in [0.29, 0.717) is 20.8 Å². The van der Waals surface area contributed by atoms with Gasteiger partial charge in [-0.25, -0.2) is 0 Å². The van der Waals surface area contributed by atoms with Crippen LogP contribution in [0.2, 0.25) is 10.0 Å². The van der Waals surface area contributed by atoms with Crippen molar-refractivity contribution in [1.29, 1.82) is 0 Å². The first-order valence-electron chi connectivity index (χ1n) is 8.54. The Kier molecular flexibility index (Phi) is 6.30. The number of halogens is 2. The van der Waals surface area contributed by atoms with Crippen LogP contribution in [0.15, 0.2) is 81.8 Å². The molecule has 0 radical (unpaired) electrons. The lowest BCUT2D eigenvalue weighted by Gasteiger charge is -2.10. The van der Waals surface area contributed by atoms with Crippen LogP contribution in [0, 0.1) is 0 Å². The number of nitrogens with one attached hydrogen (secondary N) is 1. The van der Waals surface area contributed by atoms with Crippen LogP contribution in [0.1, 0.15) is 0 Å². The summed E-state index contributed by atoms with van der Waals surface area (Å²) in [6.45, 7) is 0. The van der Waals surface area contributed by atoms with Crippen molar-refractivity contribution >= 4 is 64.0 Å². The van der Waals surface area contributed by atoms with Gasteiger partial charge in [-0.2, -0.15) is 0 Å². The number of fused-ring (bicyclic) bond motifs is 1. The van der Waals surface area contributed by atoms with Crippen molar-refractivity contribution in [3.63, 3.8) is 0 Å². The van der Waals surface area contributed by atoms with E-state index in [-0.39, 0.29) is 11.7 Å². The molecule has 0 bridgehead atoms.